The Hall–Kier alpha value is -4.01. The molecule has 1 atom stereocenters. The first kappa shape index (κ1) is 17.4. The number of aromatic nitrogens is 3. The summed E-state index contributed by atoms with van der Waals surface area (Å²) in [7, 11) is 0. The minimum Gasteiger partial charge on any atom is -0.384 e. The smallest absolute Gasteiger partial charge is 0.274 e. The Morgan fingerprint density at radius 2 is 1.64 bits per heavy atom. The molecule has 0 unspecified atom stereocenters. The van der Waals surface area contributed by atoms with Crippen LogP contribution in [-0.2, 0) is 0 Å². The van der Waals surface area contributed by atoms with Crippen molar-refractivity contribution in [1.82, 2.24) is 14.5 Å². The summed E-state index contributed by atoms with van der Waals surface area (Å²) >= 11 is 1.18. The molecule has 0 fully saturated rings. The van der Waals surface area contributed by atoms with E-state index in [1.807, 2.05) is 0 Å². The van der Waals surface area contributed by atoms with Crippen molar-refractivity contribution in [3.05, 3.63) is 85.3 Å². The van der Waals surface area contributed by atoms with E-state index in [-0.39, 0.29) is 17.0 Å². The van der Waals surface area contributed by atoms with Gasteiger partial charge in [0.05, 0.1) is 33.7 Å². The molecule has 7 nitrogen and oxygen atoms in total. The first-order valence-electron chi connectivity index (χ1n) is 8.23. The highest BCUT2D eigenvalue weighted by molar-refractivity contribution is 7.07. The van der Waals surface area contributed by atoms with Crippen molar-refractivity contribution >= 4 is 28.8 Å². The van der Waals surface area contributed by atoms with Crippen LogP contribution in [0, 0.1) is 22.7 Å². The molecule has 0 aliphatic carbocycles. The quantitative estimate of drug-likeness (QED) is 0.692. The van der Waals surface area contributed by atoms with Crippen LogP contribution < -0.4 is 20.5 Å². The Labute approximate surface area is 163 Å². The molecule has 0 spiro atoms. The van der Waals surface area contributed by atoms with Gasteiger partial charge in [-0.2, -0.15) is 10.5 Å². The molecule has 3 aromatic heterocycles. The van der Waals surface area contributed by atoms with Crippen molar-refractivity contribution in [2.24, 2.45) is 5.73 Å². The van der Waals surface area contributed by atoms with E-state index in [4.69, 9.17) is 5.73 Å². The number of fused-ring (bicyclic) bond motifs is 1. The van der Waals surface area contributed by atoms with Crippen LogP contribution in [0.5, 0.6) is 0 Å². The summed E-state index contributed by atoms with van der Waals surface area (Å²) in [5.41, 5.74) is 7.87. The van der Waals surface area contributed by atoms with Crippen LogP contribution in [0.2, 0.25) is 0 Å². The fourth-order valence-corrected chi connectivity index (χ4v) is 4.28. The van der Waals surface area contributed by atoms with Crippen molar-refractivity contribution in [1.29, 1.82) is 10.5 Å². The molecule has 0 saturated carbocycles. The Bertz CT molecular complexity index is 1350. The van der Waals surface area contributed by atoms with E-state index in [9.17, 15) is 15.3 Å². The number of nitrogens with two attached hydrogens (primary N) is 1. The van der Waals surface area contributed by atoms with Crippen molar-refractivity contribution < 1.29 is 0 Å². The molecule has 134 valence electrons. The Kier molecular flexibility index (Phi) is 4.32. The minimum atomic E-state index is -0.634. The van der Waals surface area contributed by atoms with Gasteiger partial charge in [-0.3, -0.25) is 19.3 Å². The largest absolute Gasteiger partial charge is 0.384 e. The standard InChI is InChI=1S/C20H12N6OS/c21-10-14-17(13-3-7-25-8-4-13)15(11-22)20-26(18(14)23)19(27)16(28-20)9-12-1-5-24-6-2-12/h1-9,17H,23H2/b16-9-/t17-/m0/s1. The maximum atomic E-state index is 13.0. The van der Waals surface area contributed by atoms with Gasteiger partial charge in [0.25, 0.3) is 5.56 Å². The van der Waals surface area contributed by atoms with Crippen LogP contribution in [0.1, 0.15) is 17.0 Å². The van der Waals surface area contributed by atoms with E-state index >= 15 is 0 Å². The molecule has 28 heavy (non-hydrogen) atoms. The van der Waals surface area contributed by atoms with Crippen molar-refractivity contribution in [3.8, 4) is 12.1 Å². The van der Waals surface area contributed by atoms with E-state index in [2.05, 4.69) is 22.1 Å². The molecule has 1 aliphatic heterocycles. The van der Waals surface area contributed by atoms with Crippen LogP contribution in [0.3, 0.4) is 0 Å². The summed E-state index contributed by atoms with van der Waals surface area (Å²) in [5.74, 6) is -0.584. The fourth-order valence-electron chi connectivity index (χ4n) is 3.15. The number of pyridine rings is 2. The second-order valence-electron chi connectivity index (χ2n) is 5.99. The maximum Gasteiger partial charge on any atom is 0.274 e. The number of thiazole rings is 1. The van der Waals surface area contributed by atoms with Gasteiger partial charge < -0.3 is 5.73 Å². The Morgan fingerprint density at radius 1 is 1.04 bits per heavy atom. The van der Waals surface area contributed by atoms with Crippen molar-refractivity contribution in [2.75, 3.05) is 0 Å². The van der Waals surface area contributed by atoms with E-state index in [0.717, 1.165) is 11.1 Å². The molecule has 4 heterocycles. The molecule has 0 amide bonds. The van der Waals surface area contributed by atoms with Gasteiger partial charge in [0.15, 0.2) is 0 Å². The predicted octanol–water partition coefficient (Wildman–Crippen LogP) is 0.651. The molecule has 0 saturated heterocycles. The highest BCUT2D eigenvalue weighted by atomic mass is 32.1. The average molecular weight is 384 g/mol. The van der Waals surface area contributed by atoms with Gasteiger partial charge in [0.1, 0.15) is 10.5 Å². The fraction of sp³-hybridized carbons (Fsp3) is 0.0500. The zero-order chi connectivity index (χ0) is 19.7. The molecule has 0 bridgehead atoms. The molecule has 0 radical (unpaired) electrons. The third kappa shape index (κ3) is 2.69. The zero-order valence-electron chi connectivity index (χ0n) is 14.4. The number of nitrogens with zero attached hydrogens (tertiary/aromatic N) is 5. The SMILES string of the molecule is N#CC1=C(N)n2c(s/c(=C\c3ccncc3)c2=O)=C(C#N)[C@H]1c1ccncc1. The van der Waals surface area contributed by atoms with Gasteiger partial charge in [-0.05, 0) is 41.5 Å². The second kappa shape index (κ2) is 6.95. The van der Waals surface area contributed by atoms with Crippen LogP contribution >= 0.6 is 11.3 Å². The van der Waals surface area contributed by atoms with Gasteiger partial charge in [-0.15, -0.1) is 11.3 Å². The lowest BCUT2D eigenvalue weighted by atomic mass is 9.85. The average Bonchev–Trinajstić information content (AvgIpc) is 3.05. The van der Waals surface area contributed by atoms with Crippen molar-refractivity contribution in [2.45, 2.75) is 5.92 Å². The summed E-state index contributed by atoms with van der Waals surface area (Å²) in [6.45, 7) is 0. The first-order chi connectivity index (χ1) is 13.7. The van der Waals surface area contributed by atoms with E-state index in [1.54, 1.807) is 55.1 Å². The second-order valence-corrected chi connectivity index (χ2v) is 7.02. The van der Waals surface area contributed by atoms with Gasteiger partial charge in [0, 0.05) is 24.8 Å². The van der Waals surface area contributed by atoms with E-state index < -0.39 is 5.92 Å². The summed E-state index contributed by atoms with van der Waals surface area (Å²) in [6.07, 6.45) is 8.16. The maximum absolute atomic E-state index is 13.0. The predicted molar refractivity (Wildman–Crippen MR) is 105 cm³/mol. The number of allylic oxidation sites excluding steroid dienone is 1. The number of rotatable bonds is 2. The molecule has 0 aromatic carbocycles. The first-order valence-corrected chi connectivity index (χ1v) is 9.05. The van der Waals surface area contributed by atoms with Crippen LogP contribution in [0.15, 0.2) is 59.4 Å². The third-order valence-corrected chi connectivity index (χ3v) is 5.54. The lowest BCUT2D eigenvalue weighted by Gasteiger charge is -2.22. The van der Waals surface area contributed by atoms with E-state index in [0.29, 0.717) is 14.8 Å². The monoisotopic (exact) mass is 384 g/mol. The summed E-state index contributed by atoms with van der Waals surface area (Å²) in [5, 5.41) is 19.6. The molecular weight excluding hydrogens is 372 g/mol. The summed E-state index contributed by atoms with van der Waals surface area (Å²) in [4.78, 5) is 20.9. The zero-order valence-corrected chi connectivity index (χ0v) is 15.2. The number of hydrogen-bond donors (Lipinski definition) is 1. The normalized spacial score (nSPS) is 16.4. The van der Waals surface area contributed by atoms with Gasteiger partial charge in [-0.1, -0.05) is 0 Å². The van der Waals surface area contributed by atoms with Crippen LogP contribution in [-0.4, -0.2) is 14.5 Å². The molecule has 4 rings (SSSR count). The van der Waals surface area contributed by atoms with Crippen molar-refractivity contribution in [3.63, 3.8) is 0 Å². The Morgan fingerprint density at radius 3 is 2.25 bits per heavy atom. The Balaban J connectivity index is 2.08. The molecule has 3 aromatic rings. The van der Waals surface area contributed by atoms with Gasteiger partial charge in [-0.25, -0.2) is 0 Å². The van der Waals surface area contributed by atoms with Gasteiger partial charge in [0.2, 0.25) is 0 Å². The molecule has 8 heteroatoms. The molecular formula is C20H12N6OS. The van der Waals surface area contributed by atoms with Gasteiger partial charge >= 0.3 is 0 Å². The highest BCUT2D eigenvalue weighted by Gasteiger charge is 2.31. The summed E-state index contributed by atoms with van der Waals surface area (Å²) in [6, 6.07) is 11.3. The van der Waals surface area contributed by atoms with Crippen LogP contribution in [0.4, 0.5) is 0 Å². The van der Waals surface area contributed by atoms with E-state index in [1.165, 1.54) is 15.9 Å². The lowest BCUT2D eigenvalue weighted by Crippen LogP contribution is -2.38. The summed E-state index contributed by atoms with van der Waals surface area (Å²) < 4.78 is 2.11. The minimum absolute atomic E-state index is 0.0499. The topological polar surface area (TPSA) is 121 Å². The lowest BCUT2D eigenvalue weighted by molar-refractivity contribution is 0.904. The highest BCUT2D eigenvalue weighted by Crippen LogP contribution is 2.34. The number of nitriles is 2. The number of hydrogen-bond acceptors (Lipinski definition) is 7. The van der Waals surface area contributed by atoms with Crippen LogP contribution in [0.25, 0.3) is 17.5 Å². The molecule has 1 aliphatic rings. The third-order valence-electron chi connectivity index (χ3n) is 4.43. The molecule has 2 N–H and O–H groups in total.